The van der Waals surface area contributed by atoms with Gasteiger partial charge in [-0.05, 0) is 48.0 Å². The lowest BCUT2D eigenvalue weighted by molar-refractivity contribution is -0.116. The van der Waals surface area contributed by atoms with E-state index in [4.69, 9.17) is 23.2 Å². The van der Waals surface area contributed by atoms with E-state index in [0.717, 1.165) is 16.4 Å². The molecule has 0 aliphatic rings. The lowest BCUT2D eigenvalue weighted by Crippen LogP contribution is -2.37. The highest BCUT2D eigenvalue weighted by Gasteiger charge is 2.28. The summed E-state index contributed by atoms with van der Waals surface area (Å²) >= 11 is 12.0. The molecular weight excluding hydrogens is 469 g/mol. The minimum Gasteiger partial charge on any atom is -0.322 e. The minimum absolute atomic E-state index is 0.0790. The van der Waals surface area contributed by atoms with E-state index >= 15 is 0 Å². The van der Waals surface area contributed by atoms with Crippen LogP contribution in [0.25, 0.3) is 0 Å². The fourth-order valence-corrected chi connectivity index (χ4v) is 4.43. The van der Waals surface area contributed by atoms with E-state index in [1.165, 1.54) is 24.3 Å². The van der Waals surface area contributed by atoms with E-state index in [1.54, 1.807) is 24.3 Å². The van der Waals surface area contributed by atoms with Gasteiger partial charge in [-0.2, -0.15) is 4.31 Å². The number of hydrogen-bond acceptors (Lipinski definition) is 3. The second-order valence-electron chi connectivity index (χ2n) is 6.49. The van der Waals surface area contributed by atoms with E-state index in [-0.39, 0.29) is 17.1 Å². The standard InChI is InChI=1S/C21H16Cl2F2N2O3S/c22-15-5-8-17(9-6-15)31(29,30)27(12-14-3-1-2-4-18(14)23)13-21(28)26-20-10-7-16(24)11-19(20)25/h1-11H,12-13H2,(H,26,28). The van der Waals surface area contributed by atoms with Gasteiger partial charge >= 0.3 is 0 Å². The number of carbonyl (C=O) groups is 1. The monoisotopic (exact) mass is 484 g/mol. The predicted octanol–water partition coefficient (Wildman–Crippen LogP) is 5.10. The van der Waals surface area contributed by atoms with Crippen molar-refractivity contribution in [3.63, 3.8) is 0 Å². The van der Waals surface area contributed by atoms with Gasteiger partial charge in [-0.15, -0.1) is 0 Å². The second-order valence-corrected chi connectivity index (χ2v) is 9.27. The van der Waals surface area contributed by atoms with Crippen molar-refractivity contribution in [1.29, 1.82) is 0 Å². The third kappa shape index (κ3) is 5.80. The Morgan fingerprint density at radius 1 is 0.968 bits per heavy atom. The summed E-state index contributed by atoms with van der Waals surface area (Å²) < 4.78 is 54.3. The summed E-state index contributed by atoms with van der Waals surface area (Å²) in [6.45, 7) is -0.836. The van der Waals surface area contributed by atoms with Crippen LogP contribution in [0.2, 0.25) is 10.0 Å². The number of carbonyl (C=O) groups excluding carboxylic acids is 1. The van der Waals surface area contributed by atoms with Crippen LogP contribution in [-0.4, -0.2) is 25.2 Å². The Balaban J connectivity index is 1.90. The number of benzene rings is 3. The van der Waals surface area contributed by atoms with Gasteiger partial charge in [0.2, 0.25) is 15.9 Å². The summed E-state index contributed by atoms with van der Waals surface area (Å²) in [5, 5.41) is 2.93. The zero-order valence-corrected chi connectivity index (χ0v) is 18.2. The number of nitrogens with zero attached hydrogens (tertiary/aromatic N) is 1. The maximum atomic E-state index is 13.9. The second kappa shape index (κ2) is 9.74. The van der Waals surface area contributed by atoms with E-state index in [0.29, 0.717) is 21.7 Å². The van der Waals surface area contributed by atoms with Crippen LogP contribution >= 0.6 is 23.2 Å². The normalized spacial score (nSPS) is 11.5. The number of hydrogen-bond donors (Lipinski definition) is 1. The van der Waals surface area contributed by atoms with Crippen LogP contribution in [0.15, 0.2) is 71.6 Å². The van der Waals surface area contributed by atoms with Crippen LogP contribution in [0.5, 0.6) is 0 Å². The van der Waals surface area contributed by atoms with Crippen LogP contribution in [0.4, 0.5) is 14.5 Å². The Morgan fingerprint density at radius 2 is 1.65 bits per heavy atom. The molecule has 0 radical (unpaired) electrons. The first kappa shape index (κ1) is 23.1. The summed E-state index contributed by atoms with van der Waals surface area (Å²) in [6.07, 6.45) is 0. The van der Waals surface area contributed by atoms with Gasteiger partial charge in [0.25, 0.3) is 0 Å². The molecular formula is C21H16Cl2F2N2O3S. The van der Waals surface area contributed by atoms with E-state index in [1.807, 2.05) is 0 Å². The molecule has 162 valence electrons. The van der Waals surface area contributed by atoms with Gasteiger partial charge in [0, 0.05) is 22.7 Å². The fraction of sp³-hybridized carbons (Fsp3) is 0.0952. The summed E-state index contributed by atoms with van der Waals surface area (Å²) in [7, 11) is -4.14. The summed E-state index contributed by atoms with van der Waals surface area (Å²) in [5.41, 5.74) is 0.204. The van der Waals surface area contributed by atoms with Gasteiger partial charge in [-0.3, -0.25) is 4.79 Å². The van der Waals surface area contributed by atoms with E-state index in [2.05, 4.69) is 5.32 Å². The average Bonchev–Trinajstić information content (AvgIpc) is 2.71. The van der Waals surface area contributed by atoms with Crippen LogP contribution < -0.4 is 5.32 Å². The molecule has 31 heavy (non-hydrogen) atoms. The zero-order valence-electron chi connectivity index (χ0n) is 15.9. The van der Waals surface area contributed by atoms with Gasteiger partial charge in [-0.1, -0.05) is 41.4 Å². The Bertz CT molecular complexity index is 1210. The Morgan fingerprint density at radius 3 is 2.29 bits per heavy atom. The summed E-state index contributed by atoms with van der Waals surface area (Å²) in [6, 6.07) is 14.7. The quantitative estimate of drug-likeness (QED) is 0.507. The first-order chi connectivity index (χ1) is 14.7. The van der Waals surface area contributed by atoms with Crippen molar-refractivity contribution in [2.75, 3.05) is 11.9 Å². The van der Waals surface area contributed by atoms with Crippen LogP contribution in [-0.2, 0) is 21.4 Å². The Kier molecular flexibility index (Phi) is 7.27. The highest BCUT2D eigenvalue weighted by Crippen LogP contribution is 2.24. The van der Waals surface area contributed by atoms with Crippen molar-refractivity contribution < 1.29 is 22.0 Å². The highest BCUT2D eigenvalue weighted by molar-refractivity contribution is 7.89. The molecule has 5 nitrogen and oxygen atoms in total. The van der Waals surface area contributed by atoms with E-state index in [9.17, 15) is 22.0 Å². The molecule has 0 unspecified atom stereocenters. The van der Waals surface area contributed by atoms with Crippen molar-refractivity contribution in [1.82, 2.24) is 4.31 Å². The number of anilines is 1. The third-order valence-corrected chi connectivity index (χ3v) is 6.71. The molecule has 3 aromatic carbocycles. The molecule has 3 rings (SSSR count). The van der Waals surface area contributed by atoms with E-state index < -0.39 is 34.1 Å². The van der Waals surface area contributed by atoms with Crippen LogP contribution in [0.1, 0.15) is 5.56 Å². The van der Waals surface area contributed by atoms with Crippen molar-refractivity contribution in [2.45, 2.75) is 11.4 Å². The van der Waals surface area contributed by atoms with Gasteiger partial charge in [0.15, 0.2) is 0 Å². The highest BCUT2D eigenvalue weighted by atomic mass is 35.5. The Hall–Kier alpha value is -2.52. The third-order valence-electron chi connectivity index (χ3n) is 4.28. The molecule has 0 saturated carbocycles. The molecule has 0 aliphatic heterocycles. The molecule has 0 spiro atoms. The molecule has 10 heteroatoms. The van der Waals surface area contributed by atoms with Gasteiger partial charge in [0.1, 0.15) is 11.6 Å². The topological polar surface area (TPSA) is 66.5 Å². The molecule has 3 aromatic rings. The molecule has 0 fully saturated rings. The van der Waals surface area contributed by atoms with Gasteiger partial charge in [-0.25, -0.2) is 17.2 Å². The average molecular weight is 485 g/mol. The minimum atomic E-state index is -4.14. The molecule has 0 bridgehead atoms. The lowest BCUT2D eigenvalue weighted by Gasteiger charge is -2.22. The van der Waals surface area contributed by atoms with Crippen molar-refractivity contribution >= 4 is 44.8 Å². The van der Waals surface area contributed by atoms with Gasteiger partial charge < -0.3 is 5.32 Å². The first-order valence-electron chi connectivity index (χ1n) is 8.91. The smallest absolute Gasteiger partial charge is 0.243 e. The number of rotatable bonds is 7. The molecule has 0 aromatic heterocycles. The SMILES string of the molecule is O=C(CN(Cc1ccccc1Cl)S(=O)(=O)c1ccc(Cl)cc1)Nc1ccc(F)cc1F. The lowest BCUT2D eigenvalue weighted by atomic mass is 10.2. The molecule has 0 heterocycles. The summed E-state index contributed by atoms with van der Waals surface area (Å²) in [5.74, 6) is -2.59. The maximum absolute atomic E-state index is 13.9. The largest absolute Gasteiger partial charge is 0.322 e. The summed E-state index contributed by atoms with van der Waals surface area (Å²) in [4.78, 5) is 12.5. The predicted molar refractivity (Wildman–Crippen MR) is 115 cm³/mol. The van der Waals surface area contributed by atoms with Crippen LogP contribution in [0.3, 0.4) is 0 Å². The first-order valence-corrected chi connectivity index (χ1v) is 11.1. The zero-order chi connectivity index (χ0) is 22.6. The molecule has 1 N–H and O–H groups in total. The van der Waals surface area contributed by atoms with Crippen molar-refractivity contribution in [2.24, 2.45) is 0 Å². The molecule has 0 aliphatic carbocycles. The number of nitrogens with one attached hydrogen (secondary N) is 1. The maximum Gasteiger partial charge on any atom is 0.243 e. The Labute approximate surface area is 188 Å². The fourth-order valence-electron chi connectivity index (χ4n) is 2.74. The molecule has 1 amide bonds. The molecule has 0 atom stereocenters. The van der Waals surface area contributed by atoms with Crippen molar-refractivity contribution in [3.05, 3.63) is 94.0 Å². The number of halogens is 4. The van der Waals surface area contributed by atoms with Crippen LogP contribution in [0, 0.1) is 11.6 Å². The van der Waals surface area contributed by atoms with Gasteiger partial charge in [0.05, 0.1) is 17.1 Å². The number of sulfonamides is 1. The number of amides is 1. The van der Waals surface area contributed by atoms with Crippen molar-refractivity contribution in [3.8, 4) is 0 Å². The molecule has 0 saturated heterocycles.